The fraction of sp³-hybridized carbons (Fsp3) is 0.556. The molecule has 2 saturated heterocycles. The van der Waals surface area contributed by atoms with Gasteiger partial charge < -0.3 is 80.6 Å². The van der Waals surface area contributed by atoms with E-state index < -0.39 is 127 Å². The molecular weight excluding hydrogens is 580 g/mol. The molecule has 3 aliphatic heterocycles. The van der Waals surface area contributed by atoms with Gasteiger partial charge in [-0.1, -0.05) is 6.07 Å². The monoisotopic (exact) mass is 614 g/mol. The summed E-state index contributed by atoms with van der Waals surface area (Å²) in [5.41, 5.74) is -1.16. The quantitative estimate of drug-likeness (QED) is 0.146. The van der Waals surface area contributed by atoms with Crippen LogP contribution in [0.25, 0.3) is 0 Å². The molecule has 16 nitrogen and oxygen atoms in total. The van der Waals surface area contributed by atoms with Crippen molar-refractivity contribution >= 4 is 0 Å². The second kappa shape index (κ2) is 11.8. The zero-order valence-corrected chi connectivity index (χ0v) is 22.3. The van der Waals surface area contributed by atoms with Crippen LogP contribution in [-0.4, -0.2) is 135 Å². The molecule has 2 fully saturated rings. The van der Waals surface area contributed by atoms with Gasteiger partial charge in [-0.2, -0.15) is 0 Å². The fourth-order valence-electron chi connectivity index (χ4n) is 5.86. The lowest BCUT2D eigenvalue weighted by Gasteiger charge is -2.44. The molecule has 0 radical (unpaired) electrons. The van der Waals surface area contributed by atoms with E-state index in [0.717, 1.165) is 12.1 Å². The third-order valence-electron chi connectivity index (χ3n) is 8.26. The maximum absolute atomic E-state index is 11.6. The van der Waals surface area contributed by atoms with Gasteiger partial charge in [0.1, 0.15) is 84.4 Å². The van der Waals surface area contributed by atoms with Crippen LogP contribution >= 0.6 is 0 Å². The second-order valence-electron chi connectivity index (χ2n) is 10.9. The van der Waals surface area contributed by atoms with E-state index in [4.69, 9.17) is 14.2 Å². The smallest absolute Gasteiger partial charge is 0.157 e. The number of aliphatic hydroxyl groups excluding tert-OH is 9. The van der Waals surface area contributed by atoms with Crippen LogP contribution in [0.4, 0.5) is 0 Å². The van der Waals surface area contributed by atoms with Crippen LogP contribution in [-0.2, 0) is 15.9 Å². The van der Waals surface area contributed by atoms with Gasteiger partial charge in [0.25, 0.3) is 0 Å². The molecule has 3 aliphatic rings. The Hall–Kier alpha value is -3.00. The topological polar surface area (TPSA) is 291 Å². The minimum absolute atomic E-state index is 0.144. The largest absolute Gasteiger partial charge is 0.507 e. The van der Waals surface area contributed by atoms with E-state index in [1.165, 1.54) is 6.07 Å². The molecule has 16 heteroatoms. The first-order valence-corrected chi connectivity index (χ1v) is 13.4. The van der Waals surface area contributed by atoms with Crippen LogP contribution < -0.4 is 4.74 Å². The summed E-state index contributed by atoms with van der Waals surface area (Å²) < 4.78 is 17.2. The first kappa shape index (κ1) is 31.4. The Morgan fingerprint density at radius 2 is 1.14 bits per heavy atom. The van der Waals surface area contributed by atoms with Crippen molar-refractivity contribution in [3.63, 3.8) is 0 Å². The van der Waals surface area contributed by atoms with Gasteiger partial charge >= 0.3 is 0 Å². The molecule has 5 rings (SSSR count). The Labute approximate surface area is 243 Å². The van der Waals surface area contributed by atoms with E-state index in [1.54, 1.807) is 0 Å². The van der Waals surface area contributed by atoms with Gasteiger partial charge in [-0.25, -0.2) is 0 Å². The number of rotatable bonds is 5. The molecule has 0 unspecified atom stereocenters. The van der Waals surface area contributed by atoms with Gasteiger partial charge in [-0.05, 0) is 17.7 Å². The van der Waals surface area contributed by atoms with Gasteiger partial charge in [0.2, 0.25) is 0 Å². The van der Waals surface area contributed by atoms with E-state index in [0.29, 0.717) is 0 Å². The number of benzene rings is 2. The molecule has 0 spiro atoms. The highest BCUT2D eigenvalue weighted by molar-refractivity contribution is 5.65. The molecule has 2 aromatic carbocycles. The van der Waals surface area contributed by atoms with E-state index >= 15 is 0 Å². The summed E-state index contributed by atoms with van der Waals surface area (Å²) in [6.07, 6.45) is -21.1. The van der Waals surface area contributed by atoms with E-state index in [1.807, 2.05) is 0 Å². The minimum atomic E-state index is -1.99. The van der Waals surface area contributed by atoms with Crippen molar-refractivity contribution in [3.8, 4) is 28.7 Å². The van der Waals surface area contributed by atoms with Crippen molar-refractivity contribution < 1.29 is 80.6 Å². The van der Waals surface area contributed by atoms with Crippen LogP contribution in [0, 0.1) is 0 Å². The van der Waals surface area contributed by atoms with Crippen molar-refractivity contribution in [2.24, 2.45) is 0 Å². The average Bonchev–Trinajstić information content (AvgIpc) is 2.98. The molecule has 0 bridgehead atoms. The summed E-state index contributed by atoms with van der Waals surface area (Å²) in [6.45, 7) is -1.67. The second-order valence-corrected chi connectivity index (χ2v) is 10.9. The molecule has 0 aromatic heterocycles. The fourth-order valence-corrected chi connectivity index (χ4v) is 5.86. The lowest BCUT2D eigenvalue weighted by molar-refractivity contribution is -0.234. The molecular formula is C27H34O16. The van der Waals surface area contributed by atoms with Gasteiger partial charge in [0.05, 0.1) is 30.4 Å². The summed E-state index contributed by atoms with van der Waals surface area (Å²) in [5, 5.41) is 136. The molecule has 12 atom stereocenters. The van der Waals surface area contributed by atoms with Crippen molar-refractivity contribution in [2.75, 3.05) is 13.2 Å². The van der Waals surface area contributed by atoms with E-state index in [-0.39, 0.29) is 16.9 Å². The maximum atomic E-state index is 11.6. The summed E-state index contributed by atoms with van der Waals surface area (Å²) >= 11 is 0. The standard InChI is InChI=1S/C27H34O16/c28-5-12-17(34)20(37)22(39)26(41-12)14-16(33)8-4-11(32)24(7-1-2-9(30)10(31)3-7)43-25(8)15(19(14)36)27-23(40)21(38)18(35)13(6-29)42-27/h1-3,11-13,17-18,20-24,26-40H,4-6H2/t11-,12-,13-,17-,18-,20+,21+,22-,23-,24-,26+,27+/m1/s1. The summed E-state index contributed by atoms with van der Waals surface area (Å²) in [4.78, 5) is 0. The Morgan fingerprint density at radius 3 is 1.65 bits per heavy atom. The predicted molar refractivity (Wildman–Crippen MR) is 138 cm³/mol. The zero-order valence-electron chi connectivity index (χ0n) is 22.3. The van der Waals surface area contributed by atoms with Gasteiger partial charge in [-0.15, -0.1) is 0 Å². The van der Waals surface area contributed by atoms with Crippen LogP contribution in [0.5, 0.6) is 28.7 Å². The lowest BCUT2D eigenvalue weighted by atomic mass is 9.82. The van der Waals surface area contributed by atoms with Crippen molar-refractivity contribution in [2.45, 2.75) is 79.7 Å². The van der Waals surface area contributed by atoms with Gasteiger partial charge in [0.15, 0.2) is 11.5 Å². The van der Waals surface area contributed by atoms with Crippen LogP contribution in [0.15, 0.2) is 18.2 Å². The van der Waals surface area contributed by atoms with Crippen molar-refractivity contribution in [1.29, 1.82) is 0 Å². The minimum Gasteiger partial charge on any atom is -0.507 e. The first-order chi connectivity index (χ1) is 20.3. The van der Waals surface area contributed by atoms with Crippen LogP contribution in [0.3, 0.4) is 0 Å². The maximum Gasteiger partial charge on any atom is 0.157 e. The van der Waals surface area contributed by atoms with E-state index in [2.05, 4.69) is 0 Å². The molecule has 3 heterocycles. The number of fused-ring (bicyclic) bond motifs is 1. The molecule has 0 saturated carbocycles. The Kier molecular flexibility index (Phi) is 8.64. The average molecular weight is 615 g/mol. The van der Waals surface area contributed by atoms with Crippen LogP contribution in [0.1, 0.15) is 40.6 Å². The predicted octanol–water partition coefficient (Wildman–Crippen LogP) is -3.42. The van der Waals surface area contributed by atoms with Gasteiger partial charge in [0, 0.05) is 12.0 Å². The van der Waals surface area contributed by atoms with E-state index in [9.17, 15) is 66.4 Å². The summed E-state index contributed by atoms with van der Waals surface area (Å²) in [5.74, 6) is -3.13. The number of hydrogen-bond donors (Lipinski definition) is 13. The van der Waals surface area contributed by atoms with Gasteiger partial charge in [-0.3, -0.25) is 0 Å². The van der Waals surface area contributed by atoms with Crippen LogP contribution in [0.2, 0.25) is 0 Å². The number of ether oxygens (including phenoxy) is 3. The van der Waals surface area contributed by atoms with Crippen molar-refractivity contribution in [3.05, 3.63) is 40.5 Å². The highest BCUT2D eigenvalue weighted by Crippen LogP contribution is 2.55. The number of phenols is 4. The molecule has 0 aliphatic carbocycles. The number of aliphatic hydroxyl groups is 9. The highest BCUT2D eigenvalue weighted by atomic mass is 16.6. The molecule has 238 valence electrons. The number of hydrogen-bond acceptors (Lipinski definition) is 16. The molecule has 0 amide bonds. The third-order valence-corrected chi connectivity index (χ3v) is 8.26. The zero-order chi connectivity index (χ0) is 31.5. The normalized spacial score (nSPS) is 37.9. The number of aromatic hydroxyl groups is 4. The third kappa shape index (κ3) is 5.13. The SMILES string of the molecule is OC[C@H]1O[C@@H](c2c(O)c3c(c([C@@H]4O[C@H](CO)[C@@H](O)[C@H](O)[C@H]4O)c2O)O[C@H](c2ccc(O)c(O)c2)[C@H](O)C3)[C@H](O)[C@@H](O)[C@@H]1O. The lowest BCUT2D eigenvalue weighted by Crippen LogP contribution is -2.55. The summed E-state index contributed by atoms with van der Waals surface area (Å²) in [7, 11) is 0. The Morgan fingerprint density at radius 1 is 0.605 bits per heavy atom. The molecule has 43 heavy (non-hydrogen) atoms. The van der Waals surface area contributed by atoms with Crippen molar-refractivity contribution in [1.82, 2.24) is 0 Å². The molecule has 2 aromatic rings. The Balaban J connectivity index is 1.71. The highest BCUT2D eigenvalue weighted by Gasteiger charge is 2.51. The summed E-state index contributed by atoms with van der Waals surface area (Å²) in [6, 6.07) is 3.55. The molecule has 13 N–H and O–H groups in total. The number of phenolic OH excluding ortho intramolecular Hbond substituents is 4. The Bertz CT molecular complexity index is 1330. The first-order valence-electron chi connectivity index (χ1n) is 13.4.